The maximum atomic E-state index is 13.5. The molecule has 0 radical (unpaired) electrons. The summed E-state index contributed by atoms with van der Waals surface area (Å²) in [4.78, 5) is 16.8. The lowest BCUT2D eigenvalue weighted by Crippen LogP contribution is -2.33. The summed E-state index contributed by atoms with van der Waals surface area (Å²) in [6.45, 7) is 3.32. The number of ether oxygens (including phenoxy) is 3. The first kappa shape index (κ1) is 24.7. The molecular weight excluding hydrogens is 476 g/mol. The Bertz CT molecular complexity index is 1260. The van der Waals surface area contributed by atoms with Gasteiger partial charge in [-0.05, 0) is 26.7 Å². The molecule has 0 saturated heterocycles. The molecule has 4 rings (SSSR count). The van der Waals surface area contributed by atoms with Crippen LogP contribution >= 0.6 is 0 Å². The maximum absolute atomic E-state index is 13.5. The number of aromatic nitrogens is 7. The van der Waals surface area contributed by atoms with Crippen LogP contribution in [-0.2, 0) is 14.8 Å². The highest BCUT2D eigenvalue weighted by molar-refractivity contribution is 7.93. The third-order valence-electron chi connectivity index (χ3n) is 6.02. The van der Waals surface area contributed by atoms with Crippen LogP contribution in [0.5, 0.6) is 11.8 Å². The predicted molar refractivity (Wildman–Crippen MR) is 125 cm³/mol. The molecule has 1 aliphatic rings. The third kappa shape index (κ3) is 4.75. The van der Waals surface area contributed by atoms with Gasteiger partial charge in [-0.2, -0.15) is 9.97 Å². The van der Waals surface area contributed by atoms with E-state index in [0.717, 1.165) is 19.3 Å². The summed E-state index contributed by atoms with van der Waals surface area (Å²) in [5.41, 5.74) is 1.41. The number of aryl methyl sites for hydroxylation is 1. The van der Waals surface area contributed by atoms with Crippen molar-refractivity contribution in [1.82, 2.24) is 34.7 Å². The number of sulfonamides is 1. The Morgan fingerprint density at radius 1 is 1.03 bits per heavy atom. The van der Waals surface area contributed by atoms with Gasteiger partial charge in [-0.15, -0.1) is 10.2 Å². The summed E-state index contributed by atoms with van der Waals surface area (Å²) < 4.78 is 47.5. The average Bonchev–Trinajstić information content (AvgIpc) is 3.20. The summed E-state index contributed by atoms with van der Waals surface area (Å²) in [7, 11) is 0.290. The van der Waals surface area contributed by atoms with Crippen LogP contribution in [0, 0.1) is 6.92 Å². The smallest absolute Gasteiger partial charge is 0.245 e. The Morgan fingerprint density at radius 3 is 2.23 bits per heavy atom. The fourth-order valence-electron chi connectivity index (χ4n) is 3.84. The van der Waals surface area contributed by atoms with E-state index in [0.29, 0.717) is 22.9 Å². The van der Waals surface area contributed by atoms with Crippen LogP contribution in [0.15, 0.2) is 18.7 Å². The molecule has 1 aliphatic carbocycles. The van der Waals surface area contributed by atoms with Crippen molar-refractivity contribution in [3.8, 4) is 17.4 Å². The minimum absolute atomic E-state index is 0.0324. The maximum Gasteiger partial charge on any atom is 0.245 e. The number of anilines is 1. The molecule has 0 aromatic carbocycles. The second kappa shape index (κ2) is 10.1. The quantitative estimate of drug-likeness (QED) is 0.430. The number of rotatable bonds is 10. The molecule has 1 N–H and O–H groups in total. The highest BCUT2D eigenvalue weighted by atomic mass is 32.2. The van der Waals surface area contributed by atoms with E-state index in [2.05, 4.69) is 34.9 Å². The minimum Gasteiger partial charge on any atom is -0.479 e. The monoisotopic (exact) mass is 504 g/mol. The van der Waals surface area contributed by atoms with Crippen LogP contribution in [0.25, 0.3) is 5.69 Å². The van der Waals surface area contributed by atoms with Crippen molar-refractivity contribution in [3.63, 3.8) is 0 Å². The van der Waals surface area contributed by atoms with Gasteiger partial charge in [-0.3, -0.25) is 19.3 Å². The Labute approximate surface area is 203 Å². The van der Waals surface area contributed by atoms with Gasteiger partial charge < -0.3 is 14.2 Å². The normalized spacial score (nSPS) is 15.8. The van der Waals surface area contributed by atoms with Crippen molar-refractivity contribution in [3.05, 3.63) is 35.9 Å². The molecule has 0 aliphatic heterocycles. The molecule has 35 heavy (non-hydrogen) atoms. The molecule has 0 amide bonds. The first-order valence-electron chi connectivity index (χ1n) is 11.0. The molecule has 3 aromatic rings. The molecule has 14 heteroatoms. The SMILES string of the molecule is COc1ncnc(OC)c1-n1c(NS(=O)(=O)[C@@H](C)[C@H](OC)c2cnc(C)cn2)nnc1C1CCC1. The molecular formula is C21H28N8O5S. The number of nitrogens with one attached hydrogen (secondary N) is 1. The van der Waals surface area contributed by atoms with Crippen LogP contribution in [0.4, 0.5) is 5.95 Å². The lowest BCUT2D eigenvalue weighted by atomic mass is 9.85. The van der Waals surface area contributed by atoms with Gasteiger partial charge in [0.2, 0.25) is 27.7 Å². The van der Waals surface area contributed by atoms with Gasteiger partial charge >= 0.3 is 0 Å². The van der Waals surface area contributed by atoms with Gasteiger partial charge in [0.15, 0.2) is 5.69 Å². The summed E-state index contributed by atoms with van der Waals surface area (Å²) >= 11 is 0. The fraction of sp³-hybridized carbons (Fsp3) is 0.524. The Kier molecular flexibility index (Phi) is 7.12. The molecule has 1 fully saturated rings. The molecule has 0 bridgehead atoms. The lowest BCUT2D eigenvalue weighted by molar-refractivity contribution is 0.0985. The minimum atomic E-state index is -4.04. The van der Waals surface area contributed by atoms with Crippen LogP contribution < -0.4 is 14.2 Å². The average molecular weight is 505 g/mol. The molecule has 1 saturated carbocycles. The largest absolute Gasteiger partial charge is 0.479 e. The molecule has 3 heterocycles. The summed E-state index contributed by atoms with van der Waals surface area (Å²) in [5.74, 6) is 1.02. The van der Waals surface area contributed by atoms with Crippen molar-refractivity contribution in [2.75, 3.05) is 26.1 Å². The van der Waals surface area contributed by atoms with Gasteiger partial charge in [0.25, 0.3) is 0 Å². The Morgan fingerprint density at radius 2 is 1.71 bits per heavy atom. The van der Waals surface area contributed by atoms with Crippen LogP contribution in [0.1, 0.15) is 55.4 Å². The van der Waals surface area contributed by atoms with Gasteiger partial charge in [0.05, 0.1) is 31.8 Å². The van der Waals surface area contributed by atoms with E-state index < -0.39 is 21.4 Å². The van der Waals surface area contributed by atoms with Gasteiger partial charge in [-0.1, -0.05) is 6.42 Å². The van der Waals surface area contributed by atoms with Crippen molar-refractivity contribution in [2.24, 2.45) is 0 Å². The van der Waals surface area contributed by atoms with E-state index >= 15 is 0 Å². The highest BCUT2D eigenvalue weighted by Crippen LogP contribution is 2.40. The second-order valence-electron chi connectivity index (χ2n) is 8.18. The predicted octanol–water partition coefficient (Wildman–Crippen LogP) is 1.96. The first-order chi connectivity index (χ1) is 16.8. The van der Waals surface area contributed by atoms with Crippen molar-refractivity contribution >= 4 is 16.0 Å². The Hall–Kier alpha value is -3.39. The zero-order valence-electron chi connectivity index (χ0n) is 20.2. The first-order valence-corrected chi connectivity index (χ1v) is 12.6. The van der Waals surface area contributed by atoms with Gasteiger partial charge in [0.1, 0.15) is 23.5 Å². The summed E-state index contributed by atoms with van der Waals surface area (Å²) in [5, 5.41) is 7.43. The molecule has 0 spiro atoms. The number of hydrogen-bond acceptors (Lipinski definition) is 11. The van der Waals surface area contributed by atoms with Crippen molar-refractivity contribution in [1.29, 1.82) is 0 Å². The van der Waals surface area contributed by atoms with E-state index in [4.69, 9.17) is 14.2 Å². The standard InChI is InChI=1S/C21H28N8O5S/c1-12-9-23-15(10-22-12)17(32-3)13(2)35(30,31)28-21-27-26-18(14-7-6-8-14)29(21)16-19(33-4)24-11-25-20(16)34-5/h9-11,13-14,17H,6-8H2,1-5H3,(H,27,28)/t13-,17-/m0/s1. The number of hydrogen-bond donors (Lipinski definition) is 1. The van der Waals surface area contributed by atoms with Gasteiger partial charge in [-0.25, -0.2) is 8.42 Å². The van der Waals surface area contributed by atoms with E-state index in [1.807, 2.05) is 0 Å². The molecule has 0 unspecified atom stereocenters. The lowest BCUT2D eigenvalue weighted by Gasteiger charge is -2.26. The van der Waals surface area contributed by atoms with Crippen LogP contribution in [0.2, 0.25) is 0 Å². The summed E-state index contributed by atoms with van der Waals surface area (Å²) in [6.07, 6.45) is 6.34. The second-order valence-corrected chi connectivity index (χ2v) is 10.2. The van der Waals surface area contributed by atoms with Gasteiger partial charge in [0, 0.05) is 19.2 Å². The molecule has 2 atom stereocenters. The molecule has 3 aromatic heterocycles. The van der Waals surface area contributed by atoms with Crippen LogP contribution in [-0.4, -0.2) is 69.7 Å². The van der Waals surface area contributed by atoms with Crippen molar-refractivity contribution < 1.29 is 22.6 Å². The van der Waals surface area contributed by atoms with Crippen LogP contribution in [0.3, 0.4) is 0 Å². The zero-order chi connectivity index (χ0) is 25.2. The zero-order valence-corrected chi connectivity index (χ0v) is 21.0. The number of methoxy groups -OCH3 is 3. The fourth-order valence-corrected chi connectivity index (χ4v) is 4.98. The molecule has 13 nitrogen and oxygen atoms in total. The summed E-state index contributed by atoms with van der Waals surface area (Å²) in [6, 6.07) is 0. The Balaban J connectivity index is 1.76. The van der Waals surface area contributed by atoms with E-state index in [1.165, 1.54) is 40.8 Å². The third-order valence-corrected chi connectivity index (χ3v) is 7.71. The van der Waals surface area contributed by atoms with E-state index in [9.17, 15) is 8.42 Å². The van der Waals surface area contributed by atoms with E-state index in [-0.39, 0.29) is 23.6 Å². The van der Waals surface area contributed by atoms with E-state index in [1.54, 1.807) is 17.7 Å². The van der Waals surface area contributed by atoms with Crippen molar-refractivity contribution in [2.45, 2.75) is 50.4 Å². The molecule has 188 valence electrons. The highest BCUT2D eigenvalue weighted by Gasteiger charge is 2.36. The number of nitrogens with zero attached hydrogens (tertiary/aromatic N) is 7. The topological polar surface area (TPSA) is 156 Å².